The van der Waals surface area contributed by atoms with Gasteiger partial charge in [-0.25, -0.2) is 0 Å². The molecule has 1 saturated heterocycles. The lowest BCUT2D eigenvalue weighted by Crippen LogP contribution is -2.43. The van der Waals surface area contributed by atoms with E-state index in [0.29, 0.717) is 6.10 Å². The fraction of sp³-hybridized carbons (Fsp3) is 0.900. The number of ether oxygens (including phenoxy) is 1. The fourth-order valence-corrected chi connectivity index (χ4v) is 1.66. The average Bonchev–Trinajstić information content (AvgIpc) is 2.56. The quantitative estimate of drug-likeness (QED) is 0.760. The maximum Gasteiger partial charge on any atom is 0.236 e. The molecule has 4 nitrogen and oxygen atoms in total. The van der Waals surface area contributed by atoms with Crippen molar-refractivity contribution in [2.45, 2.75) is 51.3 Å². The van der Waals surface area contributed by atoms with Gasteiger partial charge >= 0.3 is 0 Å². The zero-order chi connectivity index (χ0) is 10.6. The molecule has 15 heavy (non-hydrogen) atoms. The second-order valence-electron chi connectivity index (χ2n) is 4.07. The van der Waals surface area contributed by atoms with Crippen molar-refractivity contribution in [1.82, 2.24) is 5.32 Å². The zero-order valence-corrected chi connectivity index (χ0v) is 10.2. The van der Waals surface area contributed by atoms with Gasteiger partial charge in [0.1, 0.15) is 0 Å². The molecule has 0 radical (unpaired) electrons. The van der Waals surface area contributed by atoms with Gasteiger partial charge in [0.2, 0.25) is 5.91 Å². The summed E-state index contributed by atoms with van der Waals surface area (Å²) in [6.07, 6.45) is 3.45. The molecule has 1 amide bonds. The summed E-state index contributed by atoms with van der Waals surface area (Å²) in [7, 11) is 0. The van der Waals surface area contributed by atoms with Crippen molar-refractivity contribution in [2.24, 2.45) is 5.73 Å². The molecule has 0 aromatic heterocycles. The Bertz CT molecular complexity index is 194. The van der Waals surface area contributed by atoms with Gasteiger partial charge in [-0.2, -0.15) is 0 Å². The zero-order valence-electron chi connectivity index (χ0n) is 9.36. The highest BCUT2D eigenvalue weighted by Crippen LogP contribution is 2.16. The Hall–Kier alpha value is -0.320. The molecular weight excluding hydrogens is 216 g/mol. The Morgan fingerprint density at radius 2 is 2.27 bits per heavy atom. The first-order chi connectivity index (χ1) is 6.59. The minimum Gasteiger partial charge on any atom is -0.378 e. The molecule has 3 N–H and O–H groups in total. The predicted molar refractivity (Wildman–Crippen MR) is 62.1 cm³/mol. The van der Waals surface area contributed by atoms with Crippen molar-refractivity contribution in [1.29, 1.82) is 0 Å². The topological polar surface area (TPSA) is 64.3 Å². The number of carbonyl (C=O) groups is 1. The molecule has 1 rings (SSSR count). The van der Waals surface area contributed by atoms with Crippen LogP contribution in [0.5, 0.6) is 0 Å². The highest BCUT2D eigenvalue weighted by Gasteiger charge is 2.19. The molecule has 0 bridgehead atoms. The van der Waals surface area contributed by atoms with Crippen LogP contribution in [0.4, 0.5) is 0 Å². The highest BCUT2D eigenvalue weighted by atomic mass is 35.5. The number of rotatable bonds is 4. The van der Waals surface area contributed by atoms with Crippen LogP contribution in [0.15, 0.2) is 0 Å². The van der Waals surface area contributed by atoms with Gasteiger partial charge in [0.25, 0.3) is 0 Å². The highest BCUT2D eigenvalue weighted by molar-refractivity contribution is 5.85. The predicted octanol–water partition coefficient (Wildman–Crippen LogP) is 0.829. The summed E-state index contributed by atoms with van der Waals surface area (Å²) in [5.41, 5.74) is 5.45. The van der Waals surface area contributed by atoms with Crippen LogP contribution >= 0.6 is 12.4 Å². The van der Waals surface area contributed by atoms with E-state index in [-0.39, 0.29) is 24.4 Å². The number of hydrogen-bond donors (Lipinski definition) is 2. The molecule has 3 atom stereocenters. The van der Waals surface area contributed by atoms with E-state index in [9.17, 15) is 4.79 Å². The van der Waals surface area contributed by atoms with E-state index in [0.717, 1.165) is 25.9 Å². The van der Waals surface area contributed by atoms with Gasteiger partial charge in [-0.3, -0.25) is 4.79 Å². The minimum absolute atomic E-state index is 0. The molecular formula is C10H21ClN2O2. The first kappa shape index (κ1) is 14.7. The molecule has 0 aliphatic carbocycles. The van der Waals surface area contributed by atoms with Crippen LogP contribution in [0.2, 0.25) is 0 Å². The third-order valence-electron chi connectivity index (χ3n) is 2.44. The number of nitrogens with one attached hydrogen (secondary N) is 1. The third kappa shape index (κ3) is 5.35. The molecule has 90 valence electrons. The maximum absolute atomic E-state index is 11.3. The van der Waals surface area contributed by atoms with Gasteiger partial charge in [-0.15, -0.1) is 12.4 Å². The largest absolute Gasteiger partial charge is 0.378 e. The fourth-order valence-electron chi connectivity index (χ4n) is 1.66. The number of carbonyl (C=O) groups excluding carboxylic acids is 1. The van der Waals surface area contributed by atoms with Crippen LogP contribution < -0.4 is 11.1 Å². The van der Waals surface area contributed by atoms with E-state index in [1.165, 1.54) is 0 Å². The van der Waals surface area contributed by atoms with E-state index in [1.54, 1.807) is 6.92 Å². The van der Waals surface area contributed by atoms with Gasteiger partial charge in [0, 0.05) is 12.6 Å². The molecule has 0 aromatic rings. The van der Waals surface area contributed by atoms with Gasteiger partial charge < -0.3 is 15.8 Å². The summed E-state index contributed by atoms with van der Waals surface area (Å²) in [5, 5.41) is 2.86. The van der Waals surface area contributed by atoms with Gasteiger partial charge in [-0.05, 0) is 33.1 Å². The molecule has 1 aliphatic heterocycles. The van der Waals surface area contributed by atoms with E-state index < -0.39 is 6.04 Å². The lowest BCUT2D eigenvalue weighted by atomic mass is 10.1. The van der Waals surface area contributed by atoms with Crippen LogP contribution in [-0.4, -0.2) is 30.7 Å². The van der Waals surface area contributed by atoms with Crippen LogP contribution in [0.3, 0.4) is 0 Å². The van der Waals surface area contributed by atoms with Crippen molar-refractivity contribution < 1.29 is 9.53 Å². The average molecular weight is 237 g/mol. The molecule has 1 fully saturated rings. The normalized spacial score (nSPS) is 24.1. The van der Waals surface area contributed by atoms with Crippen molar-refractivity contribution in [3.63, 3.8) is 0 Å². The second-order valence-corrected chi connectivity index (χ2v) is 4.07. The number of halogens is 1. The Morgan fingerprint density at radius 1 is 1.60 bits per heavy atom. The summed E-state index contributed by atoms with van der Waals surface area (Å²) in [4.78, 5) is 11.3. The summed E-state index contributed by atoms with van der Waals surface area (Å²) in [6, 6.07) is -0.279. The minimum atomic E-state index is -0.429. The van der Waals surface area contributed by atoms with E-state index in [2.05, 4.69) is 5.32 Å². The lowest BCUT2D eigenvalue weighted by molar-refractivity contribution is -0.122. The molecule has 0 spiro atoms. The molecule has 1 aliphatic rings. The molecule has 2 unspecified atom stereocenters. The molecule has 1 heterocycles. The SMILES string of the molecule is CC(CC1CCCO1)NC(=O)[C@@H](C)N.Cl. The summed E-state index contributed by atoms with van der Waals surface area (Å²) in [6.45, 7) is 4.54. The second kappa shape index (κ2) is 7.04. The number of amides is 1. The van der Waals surface area contributed by atoms with Crippen molar-refractivity contribution in [3.05, 3.63) is 0 Å². The van der Waals surface area contributed by atoms with Crippen LogP contribution in [-0.2, 0) is 9.53 Å². The van der Waals surface area contributed by atoms with Crippen molar-refractivity contribution in [2.75, 3.05) is 6.61 Å². The molecule has 0 aromatic carbocycles. The Labute approximate surface area is 97.3 Å². The maximum atomic E-state index is 11.3. The van der Waals surface area contributed by atoms with Gasteiger partial charge in [0.05, 0.1) is 12.1 Å². The summed E-state index contributed by atoms with van der Waals surface area (Å²) >= 11 is 0. The number of hydrogen-bond acceptors (Lipinski definition) is 3. The first-order valence-electron chi connectivity index (χ1n) is 5.27. The molecule has 0 saturated carbocycles. The van der Waals surface area contributed by atoms with E-state index in [1.807, 2.05) is 6.92 Å². The van der Waals surface area contributed by atoms with E-state index in [4.69, 9.17) is 10.5 Å². The standard InChI is InChI=1S/C10H20N2O2.ClH/c1-7(12-10(13)8(2)11)6-9-4-3-5-14-9;/h7-9H,3-6,11H2,1-2H3,(H,12,13);1H/t7?,8-,9?;/m1./s1. The van der Waals surface area contributed by atoms with Gasteiger partial charge in [-0.1, -0.05) is 0 Å². The van der Waals surface area contributed by atoms with E-state index >= 15 is 0 Å². The Kier molecular flexibility index (Phi) is 6.89. The van der Waals surface area contributed by atoms with Crippen LogP contribution in [0.25, 0.3) is 0 Å². The lowest BCUT2D eigenvalue weighted by Gasteiger charge is -2.18. The van der Waals surface area contributed by atoms with Gasteiger partial charge in [0.15, 0.2) is 0 Å². The summed E-state index contributed by atoms with van der Waals surface area (Å²) in [5.74, 6) is -0.0875. The monoisotopic (exact) mass is 236 g/mol. The van der Waals surface area contributed by atoms with Crippen molar-refractivity contribution in [3.8, 4) is 0 Å². The first-order valence-corrected chi connectivity index (χ1v) is 5.27. The smallest absolute Gasteiger partial charge is 0.236 e. The third-order valence-corrected chi connectivity index (χ3v) is 2.44. The molecule has 5 heteroatoms. The van der Waals surface area contributed by atoms with Crippen LogP contribution in [0, 0.1) is 0 Å². The Balaban J connectivity index is 0.00000196. The Morgan fingerprint density at radius 3 is 2.73 bits per heavy atom. The van der Waals surface area contributed by atoms with Crippen LogP contribution in [0.1, 0.15) is 33.1 Å². The number of nitrogens with two attached hydrogens (primary N) is 1. The summed E-state index contributed by atoms with van der Waals surface area (Å²) < 4.78 is 5.48. The van der Waals surface area contributed by atoms with Crippen molar-refractivity contribution >= 4 is 18.3 Å².